The Balaban J connectivity index is 2.13. The fourth-order valence-electron chi connectivity index (χ4n) is 1.20. The van der Waals surface area contributed by atoms with Crippen molar-refractivity contribution in [3.05, 3.63) is 40.1 Å². The lowest BCUT2D eigenvalue weighted by molar-refractivity contribution is 0.173. The normalized spacial score (nSPS) is 12.7. The molecule has 2 rings (SSSR count). The first kappa shape index (κ1) is 10.5. The van der Waals surface area contributed by atoms with E-state index in [4.69, 9.17) is 11.6 Å². The Labute approximate surface area is 95.7 Å². The molecule has 1 N–H and O–H groups in total. The van der Waals surface area contributed by atoms with Crippen molar-refractivity contribution < 1.29 is 5.11 Å². The molecule has 0 bridgehead atoms. The summed E-state index contributed by atoms with van der Waals surface area (Å²) in [6.07, 6.45) is 2.96. The van der Waals surface area contributed by atoms with Crippen molar-refractivity contribution in [1.82, 2.24) is 14.6 Å². The lowest BCUT2D eigenvalue weighted by Crippen LogP contribution is -2.03. The summed E-state index contributed by atoms with van der Waals surface area (Å²) in [6.45, 7) is 0. The van der Waals surface area contributed by atoms with E-state index in [0.717, 1.165) is 5.56 Å². The van der Waals surface area contributed by atoms with E-state index in [1.165, 1.54) is 11.5 Å². The smallest absolute Gasteiger partial charge is 0.104 e. The van der Waals surface area contributed by atoms with Crippen LogP contribution in [0.25, 0.3) is 0 Å². The molecule has 2 aromatic heterocycles. The number of nitrogens with zero attached hydrogens (tertiary/aromatic N) is 3. The van der Waals surface area contributed by atoms with Gasteiger partial charge in [-0.1, -0.05) is 16.1 Å². The third-order valence-electron chi connectivity index (χ3n) is 1.99. The Morgan fingerprint density at radius 2 is 2.40 bits per heavy atom. The quantitative estimate of drug-likeness (QED) is 0.891. The summed E-state index contributed by atoms with van der Waals surface area (Å²) in [4.78, 5) is 3.88. The molecule has 0 radical (unpaired) electrons. The average Bonchev–Trinajstić information content (AvgIpc) is 2.74. The maximum Gasteiger partial charge on any atom is 0.104 e. The van der Waals surface area contributed by atoms with Crippen LogP contribution in [-0.2, 0) is 6.42 Å². The number of pyridine rings is 1. The second kappa shape index (κ2) is 4.65. The molecule has 0 saturated carbocycles. The highest BCUT2D eigenvalue weighted by Gasteiger charge is 2.12. The maximum absolute atomic E-state index is 9.81. The molecule has 0 aromatic carbocycles. The Morgan fingerprint density at radius 3 is 3.07 bits per heavy atom. The zero-order valence-electron chi connectivity index (χ0n) is 7.67. The van der Waals surface area contributed by atoms with Gasteiger partial charge in [0.05, 0.1) is 5.02 Å². The minimum Gasteiger partial charge on any atom is -0.386 e. The minimum absolute atomic E-state index is 0.423. The molecule has 4 nitrogen and oxygen atoms in total. The number of rotatable bonds is 3. The molecule has 0 fully saturated rings. The molecule has 2 aromatic rings. The highest BCUT2D eigenvalue weighted by atomic mass is 35.5. The first-order chi connectivity index (χ1) is 7.27. The number of aromatic nitrogens is 3. The second-order valence-electron chi connectivity index (χ2n) is 3.02. The number of hydrogen-bond acceptors (Lipinski definition) is 5. The standard InChI is InChI=1S/C9H8ClN3OS/c10-7-4-11-2-1-6(7)3-9(14)8-5-15-13-12-8/h1-2,4-5,9,14H,3H2. The van der Waals surface area contributed by atoms with Gasteiger partial charge in [-0.15, -0.1) is 5.10 Å². The summed E-state index contributed by atoms with van der Waals surface area (Å²) in [7, 11) is 0. The average molecular weight is 242 g/mol. The van der Waals surface area contributed by atoms with E-state index in [0.29, 0.717) is 17.1 Å². The van der Waals surface area contributed by atoms with E-state index in [1.54, 1.807) is 23.8 Å². The van der Waals surface area contributed by atoms with Gasteiger partial charge in [-0.25, -0.2) is 0 Å². The van der Waals surface area contributed by atoms with Crippen molar-refractivity contribution in [2.24, 2.45) is 0 Å². The van der Waals surface area contributed by atoms with E-state index < -0.39 is 6.10 Å². The molecule has 0 amide bonds. The fraction of sp³-hybridized carbons (Fsp3) is 0.222. The topological polar surface area (TPSA) is 58.9 Å². The van der Waals surface area contributed by atoms with Gasteiger partial charge in [-0.05, 0) is 23.2 Å². The highest BCUT2D eigenvalue weighted by molar-refractivity contribution is 7.03. The van der Waals surface area contributed by atoms with E-state index in [-0.39, 0.29) is 0 Å². The number of aliphatic hydroxyl groups excluding tert-OH is 1. The molecule has 6 heteroatoms. The first-order valence-corrected chi connectivity index (χ1v) is 5.52. The SMILES string of the molecule is OC(Cc1ccncc1Cl)c1csnn1. The maximum atomic E-state index is 9.81. The van der Waals surface area contributed by atoms with Crippen LogP contribution in [0.5, 0.6) is 0 Å². The molecular formula is C9H8ClN3OS. The van der Waals surface area contributed by atoms with Crippen molar-refractivity contribution >= 4 is 23.1 Å². The van der Waals surface area contributed by atoms with Crippen molar-refractivity contribution in [1.29, 1.82) is 0 Å². The van der Waals surface area contributed by atoms with Crippen molar-refractivity contribution in [2.75, 3.05) is 0 Å². The molecule has 0 aliphatic heterocycles. The third-order valence-corrected chi connectivity index (χ3v) is 2.85. The van der Waals surface area contributed by atoms with Crippen LogP contribution < -0.4 is 0 Å². The second-order valence-corrected chi connectivity index (χ2v) is 4.03. The van der Waals surface area contributed by atoms with E-state index in [1.807, 2.05) is 0 Å². The Hall–Kier alpha value is -1.04. The van der Waals surface area contributed by atoms with Gasteiger partial charge in [0.15, 0.2) is 0 Å². The van der Waals surface area contributed by atoms with Crippen LogP contribution in [0.3, 0.4) is 0 Å². The summed E-state index contributed by atoms with van der Waals surface area (Å²) in [5, 5.41) is 15.9. The molecule has 0 saturated heterocycles. The zero-order chi connectivity index (χ0) is 10.7. The largest absolute Gasteiger partial charge is 0.386 e. The minimum atomic E-state index is -0.663. The first-order valence-electron chi connectivity index (χ1n) is 4.31. The van der Waals surface area contributed by atoms with Crippen LogP contribution >= 0.6 is 23.1 Å². The Bertz CT molecular complexity index is 435. The molecule has 1 atom stereocenters. The Kier molecular flexibility index (Phi) is 3.25. The van der Waals surface area contributed by atoms with Crippen molar-refractivity contribution in [3.63, 3.8) is 0 Å². The molecule has 0 spiro atoms. The predicted octanol–water partition coefficient (Wildman–Crippen LogP) is 1.86. The molecule has 78 valence electrons. The molecule has 0 aliphatic rings. The number of halogens is 1. The van der Waals surface area contributed by atoms with Gasteiger partial charge < -0.3 is 5.11 Å². The van der Waals surface area contributed by atoms with Crippen molar-refractivity contribution in [2.45, 2.75) is 12.5 Å². The van der Waals surface area contributed by atoms with Gasteiger partial charge in [-0.2, -0.15) is 0 Å². The summed E-state index contributed by atoms with van der Waals surface area (Å²) in [6, 6.07) is 1.78. The zero-order valence-corrected chi connectivity index (χ0v) is 9.24. The van der Waals surface area contributed by atoms with E-state index in [9.17, 15) is 5.11 Å². The molecule has 15 heavy (non-hydrogen) atoms. The third kappa shape index (κ3) is 2.50. The van der Waals surface area contributed by atoms with Crippen LogP contribution in [0.1, 0.15) is 17.4 Å². The molecule has 2 heterocycles. The molecule has 0 aliphatic carbocycles. The van der Waals surface area contributed by atoms with Gasteiger partial charge >= 0.3 is 0 Å². The summed E-state index contributed by atoms with van der Waals surface area (Å²) < 4.78 is 3.69. The van der Waals surface area contributed by atoms with E-state index >= 15 is 0 Å². The van der Waals surface area contributed by atoms with Gasteiger partial charge in [0.25, 0.3) is 0 Å². The van der Waals surface area contributed by atoms with Gasteiger partial charge in [0.1, 0.15) is 11.8 Å². The summed E-state index contributed by atoms with van der Waals surface area (Å²) in [5.41, 5.74) is 1.43. The van der Waals surface area contributed by atoms with Gasteiger partial charge in [0.2, 0.25) is 0 Å². The lowest BCUT2D eigenvalue weighted by Gasteiger charge is -2.07. The highest BCUT2D eigenvalue weighted by Crippen LogP contribution is 2.21. The van der Waals surface area contributed by atoms with Crippen LogP contribution in [0.4, 0.5) is 0 Å². The number of aliphatic hydroxyl groups is 1. The molecule has 1 unspecified atom stereocenters. The molecular weight excluding hydrogens is 234 g/mol. The Morgan fingerprint density at radius 1 is 1.53 bits per heavy atom. The predicted molar refractivity (Wildman–Crippen MR) is 57.8 cm³/mol. The fourth-order valence-corrected chi connectivity index (χ4v) is 1.90. The summed E-state index contributed by atoms with van der Waals surface area (Å²) >= 11 is 7.14. The lowest BCUT2D eigenvalue weighted by atomic mass is 10.1. The van der Waals surface area contributed by atoms with Crippen molar-refractivity contribution in [3.8, 4) is 0 Å². The van der Waals surface area contributed by atoms with Crippen LogP contribution in [0, 0.1) is 0 Å². The summed E-state index contributed by atoms with van der Waals surface area (Å²) in [5.74, 6) is 0. The van der Waals surface area contributed by atoms with Crippen LogP contribution in [-0.4, -0.2) is 19.7 Å². The van der Waals surface area contributed by atoms with Gasteiger partial charge in [0, 0.05) is 24.2 Å². The van der Waals surface area contributed by atoms with Crippen LogP contribution in [0.15, 0.2) is 23.8 Å². The van der Waals surface area contributed by atoms with E-state index in [2.05, 4.69) is 14.6 Å². The van der Waals surface area contributed by atoms with Gasteiger partial charge in [-0.3, -0.25) is 4.98 Å². The monoisotopic (exact) mass is 241 g/mol. The van der Waals surface area contributed by atoms with Crippen LogP contribution in [0.2, 0.25) is 5.02 Å². The number of hydrogen-bond donors (Lipinski definition) is 1.